The lowest BCUT2D eigenvalue weighted by Crippen LogP contribution is -2.14. The van der Waals surface area contributed by atoms with E-state index in [1.807, 2.05) is 67.8 Å². The van der Waals surface area contributed by atoms with Gasteiger partial charge >= 0.3 is 0 Å². The van der Waals surface area contributed by atoms with E-state index in [9.17, 15) is 4.79 Å². The minimum Gasteiger partial charge on any atom is -0.497 e. The summed E-state index contributed by atoms with van der Waals surface area (Å²) in [5, 5.41) is 2.95. The van der Waals surface area contributed by atoms with Crippen LogP contribution in [0.5, 0.6) is 5.75 Å². The molecule has 0 aliphatic heterocycles. The van der Waals surface area contributed by atoms with Gasteiger partial charge in [0.15, 0.2) is 0 Å². The van der Waals surface area contributed by atoms with Crippen molar-refractivity contribution >= 4 is 17.2 Å². The number of hydrogen-bond donors (Lipinski definition) is 1. The molecule has 2 aromatic heterocycles. The molecule has 0 radical (unpaired) electrons. The number of aryl methyl sites for hydroxylation is 1. The minimum atomic E-state index is 0.0301. The topological polar surface area (TPSA) is 55.6 Å². The molecule has 0 unspecified atom stereocenters. The molecule has 1 amide bonds. The highest BCUT2D eigenvalue weighted by Crippen LogP contribution is 2.26. The maximum Gasteiger partial charge on any atom is 0.224 e. The Morgan fingerprint density at radius 3 is 2.56 bits per heavy atom. The van der Waals surface area contributed by atoms with Crippen molar-refractivity contribution < 1.29 is 9.53 Å². The van der Waals surface area contributed by atoms with Crippen molar-refractivity contribution in [3.8, 4) is 17.0 Å². The Hall–Kier alpha value is -2.82. The number of ether oxygens (including phenoxy) is 1. The lowest BCUT2D eigenvalue weighted by atomic mass is 10.1. The highest BCUT2D eigenvalue weighted by molar-refractivity contribution is 5.90. The number of nitrogens with one attached hydrogen (secondary N) is 1. The number of methoxy groups -OCH3 is 1. The average Bonchev–Trinajstić information content (AvgIpc) is 2.91. The molecule has 0 aliphatic rings. The van der Waals surface area contributed by atoms with Crippen LogP contribution in [0.25, 0.3) is 16.9 Å². The van der Waals surface area contributed by atoms with E-state index in [0.29, 0.717) is 12.3 Å². The number of imidazole rings is 1. The summed E-state index contributed by atoms with van der Waals surface area (Å²) in [7, 11) is 1.65. The number of hydrogen-bond acceptors (Lipinski definition) is 3. The molecule has 0 bridgehead atoms. The number of rotatable bonds is 5. The minimum absolute atomic E-state index is 0.0301. The van der Waals surface area contributed by atoms with Crippen LogP contribution in [0.4, 0.5) is 5.69 Å². The molecule has 2 heterocycles. The fraction of sp³-hybridized carbons (Fsp3) is 0.300. The summed E-state index contributed by atoms with van der Waals surface area (Å²) in [5.41, 5.74) is 4.62. The van der Waals surface area contributed by atoms with Gasteiger partial charge in [0.25, 0.3) is 0 Å². The molecular weight excluding hydrogens is 314 g/mol. The van der Waals surface area contributed by atoms with Crippen LogP contribution in [0.3, 0.4) is 0 Å². The van der Waals surface area contributed by atoms with Crippen molar-refractivity contribution in [2.45, 2.75) is 27.2 Å². The Bertz CT molecular complexity index is 895. The number of pyridine rings is 1. The van der Waals surface area contributed by atoms with Gasteiger partial charge in [-0.05, 0) is 49.2 Å². The van der Waals surface area contributed by atoms with E-state index in [-0.39, 0.29) is 5.91 Å². The summed E-state index contributed by atoms with van der Waals surface area (Å²) in [6.07, 6.45) is 2.43. The summed E-state index contributed by atoms with van der Waals surface area (Å²) in [5.74, 6) is 1.18. The summed E-state index contributed by atoms with van der Waals surface area (Å²) < 4.78 is 7.21. The number of anilines is 1. The van der Waals surface area contributed by atoms with E-state index >= 15 is 0 Å². The van der Waals surface area contributed by atoms with Gasteiger partial charge in [0, 0.05) is 23.9 Å². The molecule has 0 saturated heterocycles. The van der Waals surface area contributed by atoms with Crippen molar-refractivity contribution in [2.24, 2.45) is 5.92 Å². The van der Waals surface area contributed by atoms with E-state index in [1.165, 1.54) is 0 Å². The first-order valence-electron chi connectivity index (χ1n) is 8.41. The second-order valence-corrected chi connectivity index (χ2v) is 6.57. The predicted octanol–water partition coefficient (Wildman–Crippen LogP) is 4.30. The normalized spacial score (nSPS) is 11.1. The van der Waals surface area contributed by atoms with Crippen LogP contribution < -0.4 is 10.1 Å². The standard InChI is InChI=1S/C20H23N3O2/c1-13(2)11-19(24)21-16-7-10-18-22-20(14(3)23(18)12-16)15-5-8-17(25-4)9-6-15/h5-10,12-13H,11H2,1-4H3,(H,21,24). The highest BCUT2D eigenvalue weighted by Gasteiger charge is 2.12. The first-order valence-corrected chi connectivity index (χ1v) is 8.41. The summed E-state index contributed by atoms with van der Waals surface area (Å²) in [6.45, 7) is 6.09. The number of amides is 1. The van der Waals surface area contributed by atoms with Crippen LogP contribution in [0.1, 0.15) is 26.0 Å². The molecule has 0 atom stereocenters. The zero-order chi connectivity index (χ0) is 18.0. The van der Waals surface area contributed by atoms with Crippen molar-refractivity contribution in [1.29, 1.82) is 0 Å². The van der Waals surface area contributed by atoms with Gasteiger partial charge in [0.2, 0.25) is 5.91 Å². The van der Waals surface area contributed by atoms with E-state index in [1.54, 1.807) is 7.11 Å². The van der Waals surface area contributed by atoms with Crippen molar-refractivity contribution in [3.05, 3.63) is 48.3 Å². The first kappa shape index (κ1) is 17.0. The van der Waals surface area contributed by atoms with Crippen LogP contribution in [-0.4, -0.2) is 22.4 Å². The lowest BCUT2D eigenvalue weighted by Gasteiger charge is -2.08. The zero-order valence-corrected chi connectivity index (χ0v) is 15.0. The van der Waals surface area contributed by atoms with Gasteiger partial charge < -0.3 is 14.5 Å². The van der Waals surface area contributed by atoms with Crippen LogP contribution in [0, 0.1) is 12.8 Å². The Labute approximate surface area is 147 Å². The quantitative estimate of drug-likeness (QED) is 0.755. The Morgan fingerprint density at radius 1 is 1.20 bits per heavy atom. The van der Waals surface area contributed by atoms with Crippen LogP contribution in [0.15, 0.2) is 42.6 Å². The number of nitrogens with zero attached hydrogens (tertiary/aromatic N) is 2. The molecule has 0 aliphatic carbocycles. The lowest BCUT2D eigenvalue weighted by molar-refractivity contribution is -0.116. The molecule has 0 fully saturated rings. The molecular formula is C20H23N3O2. The third kappa shape index (κ3) is 3.65. The maximum absolute atomic E-state index is 12.0. The van der Waals surface area contributed by atoms with Gasteiger partial charge in [0.1, 0.15) is 11.4 Å². The largest absolute Gasteiger partial charge is 0.497 e. The number of aromatic nitrogens is 2. The molecule has 0 saturated carbocycles. The van der Waals surface area contributed by atoms with Crippen molar-refractivity contribution in [1.82, 2.24) is 9.38 Å². The van der Waals surface area contributed by atoms with E-state index < -0.39 is 0 Å². The fourth-order valence-electron chi connectivity index (χ4n) is 2.84. The zero-order valence-electron chi connectivity index (χ0n) is 15.0. The number of fused-ring (bicyclic) bond motifs is 1. The van der Waals surface area contributed by atoms with E-state index in [4.69, 9.17) is 9.72 Å². The Morgan fingerprint density at radius 2 is 1.92 bits per heavy atom. The Kier molecular flexibility index (Phi) is 4.74. The summed E-state index contributed by atoms with van der Waals surface area (Å²) >= 11 is 0. The smallest absolute Gasteiger partial charge is 0.224 e. The SMILES string of the molecule is COc1ccc(-c2nc3ccc(NC(=O)CC(C)C)cn3c2C)cc1. The third-order valence-electron chi connectivity index (χ3n) is 4.10. The van der Waals surface area contributed by atoms with Gasteiger partial charge in [-0.25, -0.2) is 4.98 Å². The molecule has 130 valence electrons. The average molecular weight is 337 g/mol. The van der Waals surface area contributed by atoms with Gasteiger partial charge in [-0.2, -0.15) is 0 Å². The van der Waals surface area contributed by atoms with Crippen LogP contribution in [-0.2, 0) is 4.79 Å². The van der Waals surface area contributed by atoms with Gasteiger partial charge in [-0.15, -0.1) is 0 Å². The second kappa shape index (κ2) is 6.97. The van der Waals surface area contributed by atoms with Gasteiger partial charge in [-0.3, -0.25) is 4.79 Å². The second-order valence-electron chi connectivity index (χ2n) is 6.57. The Balaban J connectivity index is 1.92. The predicted molar refractivity (Wildman–Crippen MR) is 100 cm³/mol. The van der Waals surface area contributed by atoms with Crippen LogP contribution >= 0.6 is 0 Å². The molecule has 1 aromatic carbocycles. The van der Waals surface area contributed by atoms with E-state index in [2.05, 4.69) is 5.32 Å². The van der Waals surface area contributed by atoms with Crippen molar-refractivity contribution in [2.75, 3.05) is 12.4 Å². The third-order valence-corrected chi connectivity index (χ3v) is 4.10. The molecule has 0 spiro atoms. The fourth-order valence-corrected chi connectivity index (χ4v) is 2.84. The molecule has 1 N–H and O–H groups in total. The van der Waals surface area contributed by atoms with Crippen LogP contribution in [0.2, 0.25) is 0 Å². The number of carbonyl (C=O) groups excluding carboxylic acids is 1. The highest BCUT2D eigenvalue weighted by atomic mass is 16.5. The molecule has 3 rings (SSSR count). The first-order chi connectivity index (χ1) is 12.0. The van der Waals surface area contributed by atoms with Gasteiger partial charge in [-0.1, -0.05) is 13.8 Å². The molecule has 3 aromatic rings. The van der Waals surface area contributed by atoms with Crippen molar-refractivity contribution in [3.63, 3.8) is 0 Å². The molecule has 5 nitrogen and oxygen atoms in total. The molecule has 25 heavy (non-hydrogen) atoms. The number of carbonyl (C=O) groups is 1. The maximum atomic E-state index is 12.0. The number of benzene rings is 1. The molecule has 5 heteroatoms. The van der Waals surface area contributed by atoms with E-state index in [0.717, 1.165) is 34.0 Å². The van der Waals surface area contributed by atoms with Gasteiger partial charge in [0.05, 0.1) is 18.5 Å². The monoisotopic (exact) mass is 337 g/mol. The summed E-state index contributed by atoms with van der Waals surface area (Å²) in [4.78, 5) is 16.7. The summed E-state index contributed by atoms with van der Waals surface area (Å²) in [6, 6.07) is 11.7.